The summed E-state index contributed by atoms with van der Waals surface area (Å²) in [5, 5.41) is 0. The third kappa shape index (κ3) is 3.95. The van der Waals surface area contributed by atoms with Crippen molar-refractivity contribution in [3.63, 3.8) is 0 Å². The smallest absolute Gasteiger partial charge is 0.199 e. The molecule has 2 atom stereocenters. The highest BCUT2D eigenvalue weighted by atomic mass is 127. The van der Waals surface area contributed by atoms with E-state index < -0.39 is 0 Å². The second-order valence-corrected chi connectivity index (χ2v) is 5.86. The van der Waals surface area contributed by atoms with Crippen LogP contribution in [0.15, 0.2) is 24.3 Å². The molecular weight excluding hydrogens is 343 g/mol. The van der Waals surface area contributed by atoms with E-state index in [9.17, 15) is 4.79 Å². The second-order valence-electron chi connectivity index (χ2n) is 4.35. The number of hydrogen-bond donors (Lipinski definition) is 0. The SMILES string of the molecule is O=CC[C@@H](I)c1ccc(OC2CCCCO2)cc1. The molecule has 0 spiro atoms. The van der Waals surface area contributed by atoms with Gasteiger partial charge in [-0.15, -0.1) is 0 Å². The molecule has 1 aromatic rings. The number of halogens is 1. The Hall–Kier alpha value is -0.620. The molecule has 1 heterocycles. The zero-order valence-electron chi connectivity index (χ0n) is 10.2. The summed E-state index contributed by atoms with van der Waals surface area (Å²) in [6.07, 6.45) is 4.65. The molecule has 1 fully saturated rings. The standard InChI is InChI=1S/C14H17IO3/c15-13(8-9-16)11-4-6-12(7-5-11)18-14-3-1-2-10-17-14/h4-7,9,13-14H,1-3,8,10H2/t13-,14?/m1/s1. The third-order valence-corrected chi connectivity index (χ3v) is 4.18. The molecular formula is C14H17IO3. The van der Waals surface area contributed by atoms with E-state index in [0.717, 1.165) is 43.5 Å². The maximum atomic E-state index is 10.5. The van der Waals surface area contributed by atoms with Gasteiger partial charge in [-0.25, -0.2) is 0 Å². The molecule has 0 N–H and O–H groups in total. The van der Waals surface area contributed by atoms with Gasteiger partial charge in [-0.1, -0.05) is 34.7 Å². The van der Waals surface area contributed by atoms with Crippen molar-refractivity contribution in [1.82, 2.24) is 0 Å². The summed E-state index contributed by atoms with van der Waals surface area (Å²) in [5.74, 6) is 0.834. The fourth-order valence-electron chi connectivity index (χ4n) is 1.93. The first-order chi connectivity index (χ1) is 8.79. The molecule has 18 heavy (non-hydrogen) atoms. The highest BCUT2D eigenvalue weighted by Crippen LogP contribution is 2.28. The van der Waals surface area contributed by atoms with Crippen LogP contribution in [0.5, 0.6) is 5.75 Å². The molecule has 0 radical (unpaired) electrons. The monoisotopic (exact) mass is 360 g/mol. The van der Waals surface area contributed by atoms with Crippen molar-refractivity contribution in [3.8, 4) is 5.75 Å². The van der Waals surface area contributed by atoms with Gasteiger partial charge in [0.05, 0.1) is 6.61 Å². The molecule has 1 saturated heterocycles. The molecule has 1 aromatic carbocycles. The van der Waals surface area contributed by atoms with Crippen LogP contribution < -0.4 is 4.74 Å². The molecule has 0 bridgehead atoms. The van der Waals surface area contributed by atoms with Crippen LogP contribution in [0.3, 0.4) is 0 Å². The number of hydrogen-bond acceptors (Lipinski definition) is 3. The van der Waals surface area contributed by atoms with Crippen molar-refractivity contribution in [1.29, 1.82) is 0 Å². The minimum Gasteiger partial charge on any atom is -0.465 e. The molecule has 2 rings (SSSR count). The second kappa shape index (κ2) is 7.09. The van der Waals surface area contributed by atoms with E-state index in [2.05, 4.69) is 22.6 Å². The van der Waals surface area contributed by atoms with Crippen molar-refractivity contribution < 1.29 is 14.3 Å². The number of aldehydes is 1. The maximum Gasteiger partial charge on any atom is 0.199 e. The fourth-order valence-corrected chi connectivity index (χ4v) is 2.55. The molecule has 3 nitrogen and oxygen atoms in total. The first-order valence-corrected chi connectivity index (χ1v) is 7.50. The lowest BCUT2D eigenvalue weighted by Crippen LogP contribution is -2.24. The summed E-state index contributed by atoms with van der Waals surface area (Å²) in [4.78, 5) is 10.5. The Morgan fingerprint density at radius 3 is 2.78 bits per heavy atom. The average molecular weight is 360 g/mol. The van der Waals surface area contributed by atoms with Gasteiger partial charge in [0.1, 0.15) is 12.0 Å². The van der Waals surface area contributed by atoms with Crippen LogP contribution in [0.4, 0.5) is 0 Å². The summed E-state index contributed by atoms with van der Waals surface area (Å²) < 4.78 is 11.5. The van der Waals surface area contributed by atoms with Gasteiger partial charge in [0, 0.05) is 16.8 Å². The minimum atomic E-state index is -0.102. The van der Waals surface area contributed by atoms with Crippen LogP contribution in [0.2, 0.25) is 0 Å². The van der Waals surface area contributed by atoms with Crippen LogP contribution in [-0.2, 0) is 9.53 Å². The van der Waals surface area contributed by atoms with Crippen molar-refractivity contribution in [2.75, 3.05) is 6.61 Å². The number of rotatable bonds is 5. The summed E-state index contributed by atoms with van der Waals surface area (Å²) in [6.45, 7) is 0.790. The predicted octanol–water partition coefficient (Wildman–Crippen LogP) is 3.66. The normalized spacial score (nSPS) is 21.3. The van der Waals surface area contributed by atoms with Crippen LogP contribution >= 0.6 is 22.6 Å². The Morgan fingerprint density at radius 2 is 2.17 bits per heavy atom. The number of ether oxygens (including phenoxy) is 2. The Kier molecular flexibility index (Phi) is 5.44. The van der Waals surface area contributed by atoms with E-state index in [1.165, 1.54) is 0 Å². The Balaban J connectivity index is 1.92. The molecule has 1 unspecified atom stereocenters. The lowest BCUT2D eigenvalue weighted by Gasteiger charge is -2.23. The largest absolute Gasteiger partial charge is 0.465 e. The molecule has 1 aliphatic rings. The van der Waals surface area contributed by atoms with Gasteiger partial charge in [-0.3, -0.25) is 0 Å². The van der Waals surface area contributed by atoms with Crippen LogP contribution in [0.25, 0.3) is 0 Å². The molecule has 0 amide bonds. The summed E-state index contributed by atoms with van der Waals surface area (Å²) in [6, 6.07) is 7.92. The number of alkyl halides is 1. The van der Waals surface area contributed by atoms with Gasteiger partial charge in [-0.05, 0) is 30.5 Å². The third-order valence-electron chi connectivity index (χ3n) is 2.95. The lowest BCUT2D eigenvalue weighted by atomic mass is 10.1. The van der Waals surface area contributed by atoms with Crippen molar-refractivity contribution in [2.45, 2.75) is 35.9 Å². The van der Waals surface area contributed by atoms with Crippen molar-refractivity contribution in [2.24, 2.45) is 0 Å². The Morgan fingerprint density at radius 1 is 1.39 bits per heavy atom. The van der Waals surface area contributed by atoms with Gasteiger partial charge >= 0.3 is 0 Å². The van der Waals surface area contributed by atoms with Gasteiger partial charge in [0.15, 0.2) is 6.29 Å². The average Bonchev–Trinajstić information content (AvgIpc) is 2.41. The lowest BCUT2D eigenvalue weighted by molar-refractivity contribution is -0.107. The molecule has 0 saturated carbocycles. The first-order valence-electron chi connectivity index (χ1n) is 6.25. The van der Waals surface area contributed by atoms with Gasteiger partial charge in [0.25, 0.3) is 0 Å². The van der Waals surface area contributed by atoms with Crippen molar-refractivity contribution >= 4 is 28.9 Å². The highest BCUT2D eigenvalue weighted by Gasteiger charge is 2.15. The van der Waals surface area contributed by atoms with Gasteiger partial charge in [0.2, 0.25) is 0 Å². The molecule has 4 heteroatoms. The number of carbonyl (C=O) groups is 1. The van der Waals surface area contributed by atoms with E-state index in [1.807, 2.05) is 24.3 Å². The Labute approximate surface area is 121 Å². The maximum absolute atomic E-state index is 10.5. The predicted molar refractivity (Wildman–Crippen MR) is 78.1 cm³/mol. The quantitative estimate of drug-likeness (QED) is 0.457. The van der Waals surface area contributed by atoms with Gasteiger partial charge in [-0.2, -0.15) is 0 Å². The molecule has 0 aliphatic carbocycles. The molecule has 0 aromatic heterocycles. The topological polar surface area (TPSA) is 35.5 Å². The highest BCUT2D eigenvalue weighted by molar-refractivity contribution is 14.1. The van der Waals surface area contributed by atoms with E-state index >= 15 is 0 Å². The summed E-state index contributed by atoms with van der Waals surface area (Å²) in [7, 11) is 0. The summed E-state index contributed by atoms with van der Waals surface area (Å²) >= 11 is 2.28. The van der Waals surface area contributed by atoms with Crippen LogP contribution in [-0.4, -0.2) is 19.2 Å². The van der Waals surface area contributed by atoms with E-state index in [0.29, 0.717) is 6.42 Å². The van der Waals surface area contributed by atoms with E-state index in [-0.39, 0.29) is 10.2 Å². The zero-order chi connectivity index (χ0) is 12.8. The Bertz CT molecular complexity index is 371. The number of benzene rings is 1. The molecule has 98 valence electrons. The first kappa shape index (κ1) is 13.8. The van der Waals surface area contributed by atoms with Crippen LogP contribution in [0, 0.1) is 0 Å². The minimum absolute atomic E-state index is 0.102. The number of carbonyl (C=O) groups excluding carboxylic acids is 1. The fraction of sp³-hybridized carbons (Fsp3) is 0.500. The van der Waals surface area contributed by atoms with E-state index in [1.54, 1.807) is 0 Å². The van der Waals surface area contributed by atoms with Crippen LogP contribution in [0.1, 0.15) is 35.2 Å². The molecule has 1 aliphatic heterocycles. The van der Waals surface area contributed by atoms with E-state index in [4.69, 9.17) is 9.47 Å². The van der Waals surface area contributed by atoms with Crippen molar-refractivity contribution in [3.05, 3.63) is 29.8 Å². The zero-order valence-corrected chi connectivity index (χ0v) is 12.3. The van der Waals surface area contributed by atoms with Gasteiger partial charge < -0.3 is 14.3 Å². The summed E-state index contributed by atoms with van der Waals surface area (Å²) in [5.41, 5.74) is 1.15.